The fourth-order valence-corrected chi connectivity index (χ4v) is 2.95. The molecule has 0 saturated heterocycles. The number of carbonyl (C=O) groups excluding carboxylic acids is 1. The highest BCUT2D eigenvalue weighted by Gasteiger charge is 2.21. The third-order valence-corrected chi connectivity index (χ3v) is 5.03. The minimum Gasteiger partial charge on any atom is -0.490 e. The van der Waals surface area contributed by atoms with Crippen molar-refractivity contribution in [3.05, 3.63) is 54.1 Å². The molecule has 0 aliphatic rings. The van der Waals surface area contributed by atoms with Crippen molar-refractivity contribution in [3.8, 4) is 11.5 Å². The molecule has 0 heterocycles. The quantitative estimate of drug-likeness (QED) is 0.426. The summed E-state index contributed by atoms with van der Waals surface area (Å²) < 4.78 is 35.7. The summed E-state index contributed by atoms with van der Waals surface area (Å²) in [6, 6.07) is 12.2. The van der Waals surface area contributed by atoms with Crippen molar-refractivity contribution >= 4 is 16.0 Å². The lowest BCUT2D eigenvalue weighted by Gasteiger charge is -2.14. The summed E-state index contributed by atoms with van der Waals surface area (Å²) in [5, 5.41) is 0. The Morgan fingerprint density at radius 2 is 1.64 bits per heavy atom. The number of hydroxylamine groups is 1. The molecule has 25 heavy (non-hydrogen) atoms. The van der Waals surface area contributed by atoms with E-state index in [4.69, 9.17) is 14.3 Å². The fourth-order valence-electron chi connectivity index (χ4n) is 1.98. The zero-order valence-corrected chi connectivity index (χ0v) is 14.9. The van der Waals surface area contributed by atoms with E-state index in [1.54, 1.807) is 24.3 Å². The summed E-state index contributed by atoms with van der Waals surface area (Å²) >= 11 is 0. The first-order valence-electron chi connectivity index (χ1n) is 7.47. The summed E-state index contributed by atoms with van der Waals surface area (Å²) in [7, 11) is -1.24. The molecule has 8 heteroatoms. The van der Waals surface area contributed by atoms with E-state index < -0.39 is 16.0 Å². The Bertz CT molecular complexity index is 832. The first kappa shape index (κ1) is 18.9. The van der Waals surface area contributed by atoms with E-state index in [2.05, 4.69) is 0 Å². The molecule has 0 bridgehead atoms. The highest BCUT2D eigenvalue weighted by Crippen LogP contribution is 2.27. The van der Waals surface area contributed by atoms with Crippen LogP contribution in [0.5, 0.6) is 11.5 Å². The van der Waals surface area contributed by atoms with Crippen molar-refractivity contribution in [2.45, 2.75) is 11.8 Å². The van der Waals surface area contributed by atoms with Crippen LogP contribution < -0.4 is 9.47 Å². The summed E-state index contributed by atoms with van der Waals surface area (Å²) in [6.45, 7) is 2.27. The normalized spacial score (nSPS) is 11.4. The van der Waals surface area contributed by atoms with Gasteiger partial charge in [-0.05, 0) is 43.3 Å². The van der Waals surface area contributed by atoms with E-state index in [0.717, 1.165) is 4.47 Å². The number of carbonyl (C=O) groups is 1. The molecular formula is C17H19NO6S. The molecule has 134 valence electrons. The Labute approximate surface area is 146 Å². The van der Waals surface area contributed by atoms with E-state index in [0.29, 0.717) is 18.1 Å². The molecule has 2 rings (SSSR count). The molecule has 7 nitrogen and oxygen atoms in total. The minimum absolute atomic E-state index is 0.00289. The number of hydrogen-bond acceptors (Lipinski definition) is 6. The highest BCUT2D eigenvalue weighted by atomic mass is 32.2. The molecule has 0 saturated carbocycles. The van der Waals surface area contributed by atoms with Crippen LogP contribution in [0.15, 0.2) is 53.4 Å². The zero-order valence-electron chi connectivity index (χ0n) is 14.1. The van der Waals surface area contributed by atoms with Gasteiger partial charge in [-0.25, -0.2) is 13.2 Å². The van der Waals surface area contributed by atoms with Crippen LogP contribution in [-0.2, 0) is 14.9 Å². The first-order valence-corrected chi connectivity index (χ1v) is 8.91. The molecule has 0 fully saturated rings. The molecule has 0 aromatic heterocycles. The van der Waals surface area contributed by atoms with Crippen molar-refractivity contribution < 1.29 is 27.5 Å². The summed E-state index contributed by atoms with van der Waals surface area (Å²) in [5.41, 5.74) is 0.213. The highest BCUT2D eigenvalue weighted by molar-refractivity contribution is 7.89. The van der Waals surface area contributed by atoms with Gasteiger partial charge in [-0.3, -0.25) is 4.84 Å². The van der Waals surface area contributed by atoms with Gasteiger partial charge in [0, 0.05) is 7.05 Å². The van der Waals surface area contributed by atoms with Gasteiger partial charge >= 0.3 is 5.97 Å². The van der Waals surface area contributed by atoms with Gasteiger partial charge in [-0.2, -0.15) is 0 Å². The number of para-hydroxylation sites is 2. The molecule has 0 aliphatic heterocycles. The Morgan fingerprint density at radius 1 is 1.04 bits per heavy atom. The lowest BCUT2D eigenvalue weighted by molar-refractivity contribution is -0.0258. The predicted molar refractivity (Wildman–Crippen MR) is 91.0 cm³/mol. The van der Waals surface area contributed by atoms with Gasteiger partial charge in [-0.1, -0.05) is 16.6 Å². The first-order chi connectivity index (χ1) is 11.9. The van der Waals surface area contributed by atoms with Crippen molar-refractivity contribution in [1.29, 1.82) is 0 Å². The molecule has 2 aromatic carbocycles. The van der Waals surface area contributed by atoms with Gasteiger partial charge in [0.05, 0.1) is 24.2 Å². The van der Waals surface area contributed by atoms with Crippen LogP contribution in [0.1, 0.15) is 17.3 Å². The number of esters is 1. The van der Waals surface area contributed by atoms with Crippen LogP contribution in [0.25, 0.3) is 0 Å². The largest absolute Gasteiger partial charge is 0.490 e. The molecule has 0 aliphatic carbocycles. The van der Waals surface area contributed by atoms with Gasteiger partial charge in [0.1, 0.15) is 0 Å². The van der Waals surface area contributed by atoms with Crippen LogP contribution in [0.2, 0.25) is 0 Å². The van der Waals surface area contributed by atoms with Crippen molar-refractivity contribution in [2.75, 3.05) is 20.8 Å². The molecule has 0 radical (unpaired) electrons. The smallest absolute Gasteiger partial charge is 0.343 e. The Morgan fingerprint density at radius 3 is 2.20 bits per heavy atom. The van der Waals surface area contributed by atoms with Crippen LogP contribution in [0.4, 0.5) is 0 Å². The average Bonchev–Trinajstić information content (AvgIpc) is 2.62. The summed E-state index contributed by atoms with van der Waals surface area (Å²) in [4.78, 5) is 17.0. The van der Waals surface area contributed by atoms with E-state index in [1.165, 1.54) is 38.4 Å². The van der Waals surface area contributed by atoms with E-state index in [9.17, 15) is 13.2 Å². The zero-order chi connectivity index (χ0) is 18.4. The molecule has 0 spiro atoms. The molecule has 0 amide bonds. The van der Waals surface area contributed by atoms with E-state index in [-0.39, 0.29) is 10.5 Å². The van der Waals surface area contributed by atoms with Crippen molar-refractivity contribution in [1.82, 2.24) is 4.47 Å². The Balaban J connectivity index is 2.19. The average molecular weight is 365 g/mol. The Kier molecular flexibility index (Phi) is 6.13. The standard InChI is InChI=1S/C17H19NO6S/c1-4-23-15-7-5-6-8-16(15)24-17(19)13-9-11-14(12-10-13)25(20,21)18(2)22-3/h5-12H,4H2,1-3H3. The maximum atomic E-state index is 12.3. The Hall–Kier alpha value is -2.42. The lowest BCUT2D eigenvalue weighted by Crippen LogP contribution is -2.25. The van der Waals surface area contributed by atoms with Gasteiger partial charge < -0.3 is 9.47 Å². The van der Waals surface area contributed by atoms with Crippen LogP contribution in [0.3, 0.4) is 0 Å². The van der Waals surface area contributed by atoms with Crippen LogP contribution in [-0.4, -0.2) is 39.6 Å². The molecular weight excluding hydrogens is 346 g/mol. The van der Waals surface area contributed by atoms with Crippen molar-refractivity contribution in [2.24, 2.45) is 0 Å². The van der Waals surface area contributed by atoms with Gasteiger partial charge in [0.25, 0.3) is 10.0 Å². The number of hydrogen-bond donors (Lipinski definition) is 0. The number of sulfonamides is 1. The third-order valence-electron chi connectivity index (χ3n) is 3.34. The van der Waals surface area contributed by atoms with E-state index in [1.807, 2.05) is 6.92 Å². The minimum atomic E-state index is -3.77. The maximum absolute atomic E-state index is 12.3. The van der Waals surface area contributed by atoms with Crippen molar-refractivity contribution in [3.63, 3.8) is 0 Å². The summed E-state index contributed by atoms with van der Waals surface area (Å²) in [6.07, 6.45) is 0. The number of nitrogens with zero attached hydrogens (tertiary/aromatic N) is 1. The fraction of sp³-hybridized carbons (Fsp3) is 0.235. The molecule has 2 aromatic rings. The third kappa shape index (κ3) is 4.36. The predicted octanol–water partition coefficient (Wildman–Crippen LogP) is 2.49. The second kappa shape index (κ2) is 8.11. The monoisotopic (exact) mass is 365 g/mol. The second-order valence-corrected chi connectivity index (χ2v) is 6.83. The SMILES string of the molecule is CCOc1ccccc1OC(=O)c1ccc(S(=O)(=O)N(C)OC)cc1. The number of ether oxygens (including phenoxy) is 2. The number of benzene rings is 2. The molecule has 0 unspecified atom stereocenters. The van der Waals surface area contributed by atoms with Gasteiger partial charge in [0.15, 0.2) is 11.5 Å². The number of rotatable bonds is 7. The maximum Gasteiger partial charge on any atom is 0.343 e. The van der Waals surface area contributed by atoms with Crippen LogP contribution >= 0.6 is 0 Å². The molecule has 0 atom stereocenters. The van der Waals surface area contributed by atoms with E-state index >= 15 is 0 Å². The molecule has 0 N–H and O–H groups in total. The van der Waals surface area contributed by atoms with Crippen LogP contribution in [0, 0.1) is 0 Å². The topological polar surface area (TPSA) is 82.1 Å². The van der Waals surface area contributed by atoms with Gasteiger partial charge in [0.2, 0.25) is 0 Å². The summed E-state index contributed by atoms with van der Waals surface area (Å²) in [5.74, 6) is 0.139. The second-order valence-electron chi connectivity index (χ2n) is 4.89. The lowest BCUT2D eigenvalue weighted by atomic mass is 10.2. The van der Waals surface area contributed by atoms with Gasteiger partial charge in [-0.15, -0.1) is 0 Å².